The molecule has 0 amide bonds. The van der Waals surface area contributed by atoms with E-state index in [-0.39, 0.29) is 22.9 Å². The molecule has 1 saturated carbocycles. The maximum Gasteiger partial charge on any atom is 0.232 e. The van der Waals surface area contributed by atoms with E-state index in [4.69, 9.17) is 0 Å². The SMILES string of the molecule is CCS(=O)(=O)Nc1ccc(C(=O)C2CC2(C)C)cc1. The van der Waals surface area contributed by atoms with Crippen molar-refractivity contribution in [2.45, 2.75) is 27.2 Å². The predicted molar refractivity (Wildman–Crippen MR) is 75.7 cm³/mol. The van der Waals surface area contributed by atoms with Crippen LogP contribution in [0, 0.1) is 11.3 Å². The lowest BCUT2D eigenvalue weighted by Crippen LogP contribution is -2.14. The van der Waals surface area contributed by atoms with Crippen LogP contribution in [-0.2, 0) is 10.0 Å². The molecule has 1 aromatic carbocycles. The largest absolute Gasteiger partial charge is 0.294 e. The van der Waals surface area contributed by atoms with E-state index in [1.54, 1.807) is 31.2 Å². The first-order chi connectivity index (χ1) is 8.75. The zero-order valence-electron chi connectivity index (χ0n) is 11.4. The summed E-state index contributed by atoms with van der Waals surface area (Å²) < 4.78 is 25.3. The van der Waals surface area contributed by atoms with E-state index in [0.29, 0.717) is 11.3 Å². The van der Waals surface area contributed by atoms with Gasteiger partial charge in [0.2, 0.25) is 10.0 Å². The number of carbonyl (C=O) groups is 1. The summed E-state index contributed by atoms with van der Waals surface area (Å²) in [5, 5.41) is 0. The maximum absolute atomic E-state index is 12.1. The second-order valence-electron chi connectivity index (χ2n) is 5.69. The number of hydrogen-bond acceptors (Lipinski definition) is 3. The number of benzene rings is 1. The summed E-state index contributed by atoms with van der Waals surface area (Å²) in [6.07, 6.45) is 0.927. The Labute approximate surface area is 114 Å². The van der Waals surface area contributed by atoms with Gasteiger partial charge in [-0.05, 0) is 43.0 Å². The molecule has 1 fully saturated rings. The van der Waals surface area contributed by atoms with Crippen LogP contribution in [0.4, 0.5) is 5.69 Å². The molecule has 1 aliphatic carbocycles. The van der Waals surface area contributed by atoms with E-state index in [9.17, 15) is 13.2 Å². The molecule has 0 bridgehead atoms. The van der Waals surface area contributed by atoms with Gasteiger partial charge in [-0.2, -0.15) is 0 Å². The Morgan fingerprint density at radius 3 is 2.26 bits per heavy atom. The maximum atomic E-state index is 12.1. The molecule has 1 atom stereocenters. The van der Waals surface area contributed by atoms with Crippen molar-refractivity contribution in [1.29, 1.82) is 0 Å². The highest BCUT2D eigenvalue weighted by atomic mass is 32.2. The quantitative estimate of drug-likeness (QED) is 0.844. The lowest BCUT2D eigenvalue weighted by atomic mass is 10.0. The van der Waals surface area contributed by atoms with Gasteiger partial charge in [-0.3, -0.25) is 9.52 Å². The van der Waals surface area contributed by atoms with Crippen LogP contribution >= 0.6 is 0 Å². The van der Waals surface area contributed by atoms with Crippen LogP contribution in [0.1, 0.15) is 37.6 Å². The predicted octanol–water partition coefficient (Wildman–Crippen LogP) is 2.68. The summed E-state index contributed by atoms with van der Waals surface area (Å²) in [4.78, 5) is 12.1. The van der Waals surface area contributed by atoms with Gasteiger partial charge in [0.1, 0.15) is 0 Å². The topological polar surface area (TPSA) is 63.2 Å². The van der Waals surface area contributed by atoms with Crippen LogP contribution in [0.2, 0.25) is 0 Å². The van der Waals surface area contributed by atoms with Crippen molar-refractivity contribution in [1.82, 2.24) is 0 Å². The van der Waals surface area contributed by atoms with Crippen molar-refractivity contribution in [2.75, 3.05) is 10.5 Å². The monoisotopic (exact) mass is 281 g/mol. The molecule has 0 spiro atoms. The Balaban J connectivity index is 2.09. The van der Waals surface area contributed by atoms with Gasteiger partial charge in [0, 0.05) is 17.2 Å². The standard InChI is InChI=1S/C14H19NO3S/c1-4-19(17,18)15-11-7-5-10(6-8-11)13(16)12-9-14(12,2)3/h5-8,12,15H,4,9H2,1-3H3. The zero-order valence-corrected chi connectivity index (χ0v) is 12.3. The van der Waals surface area contributed by atoms with Crippen molar-refractivity contribution in [2.24, 2.45) is 11.3 Å². The lowest BCUT2D eigenvalue weighted by molar-refractivity contribution is 0.0953. The number of hydrogen-bond donors (Lipinski definition) is 1. The average Bonchev–Trinajstić information content (AvgIpc) is 2.98. The fourth-order valence-corrected chi connectivity index (χ4v) is 2.71. The molecule has 104 valence electrons. The van der Waals surface area contributed by atoms with Crippen molar-refractivity contribution >= 4 is 21.5 Å². The molecular formula is C14H19NO3S. The summed E-state index contributed by atoms with van der Waals surface area (Å²) in [5.41, 5.74) is 1.25. The van der Waals surface area contributed by atoms with Crippen molar-refractivity contribution < 1.29 is 13.2 Å². The molecule has 0 radical (unpaired) electrons. The highest BCUT2D eigenvalue weighted by Crippen LogP contribution is 2.53. The van der Waals surface area contributed by atoms with Crippen LogP contribution in [0.15, 0.2) is 24.3 Å². The first-order valence-electron chi connectivity index (χ1n) is 6.40. The number of nitrogens with one attached hydrogen (secondary N) is 1. The minimum absolute atomic E-state index is 0.0317. The van der Waals surface area contributed by atoms with Gasteiger partial charge in [0.15, 0.2) is 5.78 Å². The van der Waals surface area contributed by atoms with E-state index < -0.39 is 10.0 Å². The average molecular weight is 281 g/mol. The highest BCUT2D eigenvalue weighted by molar-refractivity contribution is 7.92. The van der Waals surface area contributed by atoms with Gasteiger partial charge in [-0.25, -0.2) is 8.42 Å². The van der Waals surface area contributed by atoms with Crippen LogP contribution in [-0.4, -0.2) is 20.0 Å². The molecule has 19 heavy (non-hydrogen) atoms. The van der Waals surface area contributed by atoms with E-state index in [1.807, 2.05) is 0 Å². The Morgan fingerprint density at radius 2 is 1.84 bits per heavy atom. The summed E-state index contributed by atoms with van der Waals surface area (Å²) in [6, 6.07) is 6.64. The fraction of sp³-hybridized carbons (Fsp3) is 0.500. The second-order valence-corrected chi connectivity index (χ2v) is 7.70. The third-order valence-corrected chi connectivity index (χ3v) is 4.96. The third kappa shape index (κ3) is 3.15. The Morgan fingerprint density at radius 1 is 1.32 bits per heavy atom. The third-order valence-electron chi connectivity index (χ3n) is 3.65. The smallest absolute Gasteiger partial charge is 0.232 e. The molecule has 1 unspecified atom stereocenters. The van der Waals surface area contributed by atoms with Crippen molar-refractivity contribution in [3.8, 4) is 0 Å². The number of rotatable bonds is 5. The van der Waals surface area contributed by atoms with Crippen LogP contribution < -0.4 is 4.72 Å². The summed E-state index contributed by atoms with van der Waals surface area (Å²) >= 11 is 0. The molecule has 0 saturated heterocycles. The molecule has 1 N–H and O–H groups in total. The normalized spacial score (nSPS) is 20.9. The second kappa shape index (κ2) is 4.63. The van der Waals surface area contributed by atoms with Crippen LogP contribution in [0.3, 0.4) is 0 Å². The fourth-order valence-electron chi connectivity index (χ4n) is 2.07. The first-order valence-corrected chi connectivity index (χ1v) is 8.05. The molecule has 0 aliphatic heterocycles. The van der Waals surface area contributed by atoms with E-state index in [0.717, 1.165) is 6.42 Å². The lowest BCUT2D eigenvalue weighted by Gasteiger charge is -2.07. The van der Waals surface area contributed by atoms with E-state index >= 15 is 0 Å². The van der Waals surface area contributed by atoms with Gasteiger partial charge < -0.3 is 0 Å². The van der Waals surface area contributed by atoms with Gasteiger partial charge in [-0.15, -0.1) is 0 Å². The molecule has 0 aromatic heterocycles. The highest BCUT2D eigenvalue weighted by Gasteiger charge is 2.50. The van der Waals surface area contributed by atoms with E-state index in [1.165, 1.54) is 0 Å². The van der Waals surface area contributed by atoms with Gasteiger partial charge in [-0.1, -0.05) is 13.8 Å². The Bertz CT molecular complexity index is 588. The summed E-state index contributed by atoms with van der Waals surface area (Å²) in [6.45, 7) is 5.74. The molecule has 5 heteroatoms. The van der Waals surface area contributed by atoms with Gasteiger partial charge in [0.25, 0.3) is 0 Å². The number of ketones is 1. The number of carbonyl (C=O) groups excluding carboxylic acids is 1. The molecule has 1 aromatic rings. The Kier molecular flexibility index (Phi) is 3.43. The van der Waals surface area contributed by atoms with Gasteiger partial charge >= 0.3 is 0 Å². The summed E-state index contributed by atoms with van der Waals surface area (Å²) in [7, 11) is -3.26. The molecule has 1 aliphatic rings. The zero-order chi connectivity index (χ0) is 14.3. The first kappa shape index (κ1) is 14.1. The van der Waals surface area contributed by atoms with Gasteiger partial charge in [0.05, 0.1) is 5.75 Å². The molecule has 2 rings (SSSR count). The minimum Gasteiger partial charge on any atom is -0.294 e. The summed E-state index contributed by atoms with van der Waals surface area (Å²) in [5.74, 6) is 0.282. The van der Waals surface area contributed by atoms with E-state index in [2.05, 4.69) is 18.6 Å². The number of anilines is 1. The number of Topliss-reactive ketones (excluding diaryl/α,β-unsaturated/α-hetero) is 1. The molecule has 0 heterocycles. The minimum atomic E-state index is -3.26. The molecule has 4 nitrogen and oxygen atoms in total. The van der Waals surface area contributed by atoms with Crippen LogP contribution in [0.25, 0.3) is 0 Å². The van der Waals surface area contributed by atoms with Crippen LogP contribution in [0.5, 0.6) is 0 Å². The van der Waals surface area contributed by atoms with Crippen molar-refractivity contribution in [3.63, 3.8) is 0 Å². The Hall–Kier alpha value is -1.36. The van der Waals surface area contributed by atoms with Crippen molar-refractivity contribution in [3.05, 3.63) is 29.8 Å². The molecular weight excluding hydrogens is 262 g/mol. The number of sulfonamides is 1.